The molecule has 0 aliphatic heterocycles. The number of carboxylic acid groups (broad SMARTS) is 1. The van der Waals surface area contributed by atoms with E-state index in [0.29, 0.717) is 36.3 Å². The molecule has 180 valence electrons. The van der Waals surface area contributed by atoms with Gasteiger partial charge in [0.1, 0.15) is 5.75 Å². The minimum Gasteiger partial charge on any atom is -0.493 e. The molecule has 1 unspecified atom stereocenters. The predicted molar refractivity (Wildman–Crippen MR) is 131 cm³/mol. The number of carboxylic acids is 1. The molecule has 3 aromatic carbocycles. The summed E-state index contributed by atoms with van der Waals surface area (Å²) < 4.78 is 33.4. The lowest BCUT2D eigenvalue weighted by Gasteiger charge is -2.16. The van der Waals surface area contributed by atoms with E-state index in [-0.39, 0.29) is 11.5 Å². The smallest absolute Gasteiger partial charge is 0.310 e. The summed E-state index contributed by atoms with van der Waals surface area (Å²) in [6.45, 7) is 1.86. The van der Waals surface area contributed by atoms with Crippen LogP contribution in [0.2, 0.25) is 0 Å². The number of para-hydroxylation sites is 1. The van der Waals surface area contributed by atoms with Crippen molar-refractivity contribution in [3.8, 4) is 5.75 Å². The average Bonchev–Trinajstić information content (AvgIpc) is 2.83. The first-order valence-electron chi connectivity index (χ1n) is 11.1. The molecule has 3 rings (SSSR count). The van der Waals surface area contributed by atoms with Gasteiger partial charge in [0.15, 0.2) is 0 Å². The molecule has 3 N–H and O–H groups in total. The number of rotatable bonds is 12. The van der Waals surface area contributed by atoms with Gasteiger partial charge in [-0.2, -0.15) is 0 Å². The molecular weight excluding hydrogens is 454 g/mol. The van der Waals surface area contributed by atoms with Crippen LogP contribution < -0.4 is 9.46 Å². The molecule has 0 radical (unpaired) electrons. The van der Waals surface area contributed by atoms with Crippen LogP contribution in [0.3, 0.4) is 0 Å². The van der Waals surface area contributed by atoms with Gasteiger partial charge in [-0.1, -0.05) is 48.5 Å². The molecule has 0 bridgehead atoms. The van der Waals surface area contributed by atoms with Gasteiger partial charge in [-0.25, -0.2) is 8.42 Å². The molecule has 0 fully saturated rings. The summed E-state index contributed by atoms with van der Waals surface area (Å²) in [6, 6.07) is 22.3. The van der Waals surface area contributed by atoms with E-state index in [9.17, 15) is 23.4 Å². The average molecular weight is 484 g/mol. The number of carbonyl (C=O) groups is 1. The van der Waals surface area contributed by atoms with Crippen molar-refractivity contribution in [1.29, 1.82) is 0 Å². The van der Waals surface area contributed by atoms with Gasteiger partial charge < -0.3 is 14.9 Å². The van der Waals surface area contributed by atoms with Gasteiger partial charge >= 0.3 is 5.97 Å². The molecule has 0 saturated carbocycles. The normalized spacial score (nSPS) is 13.1. The highest BCUT2D eigenvalue weighted by molar-refractivity contribution is 7.92. The van der Waals surface area contributed by atoms with Gasteiger partial charge in [-0.05, 0) is 55.7 Å². The van der Waals surface area contributed by atoms with E-state index in [1.807, 2.05) is 6.07 Å². The Bertz CT molecular complexity index is 1200. The third kappa shape index (κ3) is 7.07. The maximum atomic E-state index is 12.5. The van der Waals surface area contributed by atoms with Crippen LogP contribution in [0.5, 0.6) is 5.75 Å². The number of hydrogen-bond acceptors (Lipinski definition) is 5. The fourth-order valence-electron chi connectivity index (χ4n) is 3.49. The molecule has 0 aliphatic carbocycles. The van der Waals surface area contributed by atoms with Crippen molar-refractivity contribution in [2.45, 2.75) is 43.1 Å². The summed E-state index contributed by atoms with van der Waals surface area (Å²) in [5.41, 5.74) is 1.96. The Morgan fingerprint density at radius 3 is 2.41 bits per heavy atom. The van der Waals surface area contributed by atoms with Crippen LogP contribution in [0.1, 0.15) is 36.8 Å². The third-order valence-corrected chi connectivity index (χ3v) is 6.86. The molecule has 0 spiro atoms. The van der Waals surface area contributed by atoms with Crippen LogP contribution in [0, 0.1) is 0 Å². The zero-order valence-corrected chi connectivity index (χ0v) is 19.7. The van der Waals surface area contributed by atoms with Gasteiger partial charge in [0.05, 0.1) is 23.5 Å². The monoisotopic (exact) mass is 483 g/mol. The van der Waals surface area contributed by atoms with Crippen LogP contribution in [-0.2, 0) is 21.2 Å². The standard InChI is InChI=1S/C26H29NO6S/c1-19(26(29)30)24-12-5-6-13-25(24)33-17-16-22(28)15-14-20-8-7-9-21(18-20)27-34(31,32)23-10-3-2-4-11-23/h2-13,18-19,22,27-28H,14-17H2,1H3,(H,29,30)/t19?,22-/m0/s1. The van der Waals surface area contributed by atoms with Crippen molar-refractivity contribution in [2.75, 3.05) is 11.3 Å². The Balaban J connectivity index is 1.51. The van der Waals surface area contributed by atoms with Crippen LogP contribution in [-0.4, -0.2) is 37.3 Å². The number of nitrogens with one attached hydrogen (secondary N) is 1. The van der Waals surface area contributed by atoms with Gasteiger partial charge in [0.25, 0.3) is 10.0 Å². The first-order chi connectivity index (χ1) is 16.3. The summed E-state index contributed by atoms with van der Waals surface area (Å²) in [5.74, 6) is -1.11. The molecular formula is C26H29NO6S. The summed E-state index contributed by atoms with van der Waals surface area (Å²) in [4.78, 5) is 11.5. The Kier molecular flexibility index (Phi) is 8.67. The molecule has 0 aliphatic rings. The first-order valence-corrected chi connectivity index (χ1v) is 12.5. The fourth-order valence-corrected chi connectivity index (χ4v) is 4.56. The molecule has 2 atom stereocenters. The number of aryl methyl sites for hydroxylation is 1. The number of aliphatic carboxylic acids is 1. The number of hydrogen-bond donors (Lipinski definition) is 3. The van der Waals surface area contributed by atoms with Crippen molar-refractivity contribution < 1.29 is 28.2 Å². The van der Waals surface area contributed by atoms with Crippen molar-refractivity contribution >= 4 is 21.7 Å². The van der Waals surface area contributed by atoms with E-state index in [1.165, 1.54) is 12.1 Å². The molecule has 3 aromatic rings. The lowest BCUT2D eigenvalue weighted by molar-refractivity contribution is -0.138. The SMILES string of the molecule is CC(C(=O)O)c1ccccc1OCC[C@@H](O)CCc1cccc(NS(=O)(=O)c2ccccc2)c1. The van der Waals surface area contributed by atoms with Crippen LogP contribution in [0.15, 0.2) is 83.8 Å². The fraction of sp³-hybridized carbons (Fsp3) is 0.269. The van der Waals surface area contributed by atoms with E-state index in [1.54, 1.807) is 67.6 Å². The van der Waals surface area contributed by atoms with Gasteiger partial charge in [-0.3, -0.25) is 9.52 Å². The summed E-state index contributed by atoms with van der Waals surface area (Å²) in [5, 5.41) is 19.6. The highest BCUT2D eigenvalue weighted by Gasteiger charge is 2.18. The number of sulfonamides is 1. The summed E-state index contributed by atoms with van der Waals surface area (Å²) in [6.07, 6.45) is 0.810. The molecule has 0 heterocycles. The summed E-state index contributed by atoms with van der Waals surface area (Å²) in [7, 11) is -3.67. The number of aliphatic hydroxyl groups excluding tert-OH is 1. The molecule has 7 nitrogen and oxygen atoms in total. The van der Waals surface area contributed by atoms with Gasteiger partial charge in [0, 0.05) is 17.7 Å². The quantitative estimate of drug-likeness (QED) is 0.351. The minimum atomic E-state index is -3.67. The van der Waals surface area contributed by atoms with Crippen molar-refractivity contribution in [2.24, 2.45) is 0 Å². The van der Waals surface area contributed by atoms with Crippen LogP contribution in [0.4, 0.5) is 5.69 Å². The number of anilines is 1. The van der Waals surface area contributed by atoms with Crippen LogP contribution >= 0.6 is 0 Å². The zero-order valence-electron chi connectivity index (χ0n) is 18.9. The van der Waals surface area contributed by atoms with Crippen molar-refractivity contribution in [1.82, 2.24) is 0 Å². The van der Waals surface area contributed by atoms with E-state index >= 15 is 0 Å². The maximum absolute atomic E-state index is 12.5. The maximum Gasteiger partial charge on any atom is 0.310 e. The summed E-state index contributed by atoms with van der Waals surface area (Å²) >= 11 is 0. The highest BCUT2D eigenvalue weighted by atomic mass is 32.2. The lowest BCUT2D eigenvalue weighted by Crippen LogP contribution is -2.15. The van der Waals surface area contributed by atoms with Crippen LogP contribution in [0.25, 0.3) is 0 Å². The van der Waals surface area contributed by atoms with Crippen molar-refractivity contribution in [3.05, 3.63) is 90.0 Å². The molecule has 34 heavy (non-hydrogen) atoms. The number of aliphatic hydroxyl groups is 1. The van der Waals surface area contributed by atoms with E-state index in [2.05, 4.69) is 4.72 Å². The Labute approximate surface area is 200 Å². The largest absolute Gasteiger partial charge is 0.493 e. The third-order valence-electron chi connectivity index (χ3n) is 5.46. The zero-order chi connectivity index (χ0) is 24.6. The second kappa shape index (κ2) is 11.7. The van der Waals surface area contributed by atoms with Gasteiger partial charge in [0.2, 0.25) is 0 Å². The molecule has 8 heteroatoms. The number of ether oxygens (including phenoxy) is 1. The second-order valence-electron chi connectivity index (χ2n) is 8.05. The molecule has 0 aromatic heterocycles. The Morgan fingerprint density at radius 1 is 0.971 bits per heavy atom. The minimum absolute atomic E-state index is 0.190. The highest BCUT2D eigenvalue weighted by Crippen LogP contribution is 2.27. The Hall–Kier alpha value is -3.36. The second-order valence-corrected chi connectivity index (χ2v) is 9.73. The van der Waals surface area contributed by atoms with Gasteiger partial charge in [-0.15, -0.1) is 0 Å². The predicted octanol–water partition coefficient (Wildman–Crippen LogP) is 4.44. The Morgan fingerprint density at radius 2 is 1.68 bits per heavy atom. The molecule has 0 saturated heterocycles. The van der Waals surface area contributed by atoms with Crippen molar-refractivity contribution in [3.63, 3.8) is 0 Å². The number of benzene rings is 3. The topological polar surface area (TPSA) is 113 Å². The van der Waals surface area contributed by atoms with E-state index < -0.39 is 28.0 Å². The van der Waals surface area contributed by atoms with E-state index in [0.717, 1.165) is 5.56 Å². The molecule has 0 amide bonds. The first kappa shape index (κ1) is 25.3. The lowest BCUT2D eigenvalue weighted by atomic mass is 10.0. The van der Waals surface area contributed by atoms with E-state index in [4.69, 9.17) is 4.74 Å².